The van der Waals surface area contributed by atoms with Crippen LogP contribution in [0.5, 0.6) is 0 Å². The van der Waals surface area contributed by atoms with Crippen molar-refractivity contribution in [2.24, 2.45) is 0 Å². The molecule has 0 radical (unpaired) electrons. The number of aromatic carboxylic acids is 1. The molecule has 0 aromatic heterocycles. The number of esters is 1. The van der Waals surface area contributed by atoms with Crippen LogP contribution < -0.4 is 5.32 Å². The summed E-state index contributed by atoms with van der Waals surface area (Å²) in [6.07, 6.45) is 1.07. The van der Waals surface area contributed by atoms with Crippen LogP contribution in [0.1, 0.15) is 24.2 Å². The number of rotatable bonds is 6. The lowest BCUT2D eigenvalue weighted by Crippen LogP contribution is -2.15. The Morgan fingerprint density at radius 3 is 2.35 bits per heavy atom. The largest absolute Gasteiger partial charge is 0.478 e. The first-order valence-corrected chi connectivity index (χ1v) is 7.39. The van der Waals surface area contributed by atoms with Crippen LogP contribution in [-0.4, -0.2) is 29.4 Å². The van der Waals surface area contributed by atoms with Gasteiger partial charge in [-0.3, -0.25) is 4.79 Å². The number of benzene rings is 1. The molecule has 0 spiro atoms. The van der Waals surface area contributed by atoms with Crippen molar-refractivity contribution in [2.45, 2.75) is 13.8 Å². The monoisotopic (exact) mass is 379 g/mol. The minimum absolute atomic E-state index is 0.0510. The van der Waals surface area contributed by atoms with E-state index in [0.717, 1.165) is 6.20 Å². The van der Waals surface area contributed by atoms with E-state index in [-0.39, 0.29) is 32.9 Å². The lowest BCUT2D eigenvalue weighted by atomic mass is 10.1. The van der Waals surface area contributed by atoms with E-state index in [1.807, 2.05) is 0 Å². The molecule has 0 saturated heterocycles. The number of hydrogen-bond acceptors (Lipinski definition) is 5. The molecule has 6 nitrogen and oxygen atoms in total. The third-order valence-electron chi connectivity index (χ3n) is 2.62. The number of carboxylic acid groups (broad SMARTS) is 1. The fourth-order valence-corrected chi connectivity index (χ4v) is 2.33. The number of carbonyl (C=O) groups is 3. The van der Waals surface area contributed by atoms with Gasteiger partial charge in [0.05, 0.1) is 27.4 Å². The Hall–Kier alpha value is -1.76. The molecule has 0 atom stereocenters. The Morgan fingerprint density at radius 2 is 1.87 bits per heavy atom. The van der Waals surface area contributed by atoms with E-state index < -0.39 is 23.3 Å². The zero-order valence-corrected chi connectivity index (χ0v) is 14.3. The summed E-state index contributed by atoms with van der Waals surface area (Å²) in [6.45, 7) is 2.88. The molecule has 0 saturated carbocycles. The number of ketones is 1. The highest BCUT2D eigenvalue weighted by atomic mass is 35.5. The Balaban J connectivity index is 3.28. The third kappa shape index (κ3) is 4.60. The molecule has 0 unspecified atom stereocenters. The molecule has 1 rings (SSSR count). The molecule has 0 amide bonds. The number of Topliss-reactive ketones (excluding diaryl/α,β-unsaturated/α-hetero) is 1. The molecule has 0 aliphatic rings. The lowest BCUT2D eigenvalue weighted by molar-refractivity contribution is -0.139. The van der Waals surface area contributed by atoms with Crippen LogP contribution in [0.2, 0.25) is 15.1 Å². The molecule has 1 aromatic carbocycles. The predicted molar refractivity (Wildman–Crippen MR) is 87.5 cm³/mol. The number of carboxylic acids is 1. The molecule has 124 valence electrons. The van der Waals surface area contributed by atoms with Crippen LogP contribution in [0.4, 0.5) is 5.69 Å². The van der Waals surface area contributed by atoms with Crippen LogP contribution in [-0.2, 0) is 14.3 Å². The first kappa shape index (κ1) is 19.3. The number of carbonyl (C=O) groups excluding carboxylic acids is 2. The maximum Gasteiger partial charge on any atom is 0.343 e. The summed E-state index contributed by atoms with van der Waals surface area (Å²) in [5.41, 5.74) is -0.579. The van der Waals surface area contributed by atoms with Gasteiger partial charge in [0.25, 0.3) is 0 Å². The lowest BCUT2D eigenvalue weighted by Gasteiger charge is -2.11. The Kier molecular flexibility index (Phi) is 6.87. The standard InChI is InChI=1S/C14H12Cl3NO5/c1-3-23-14(22)7(6(2)19)5-18-9-4-8(15)11(16)10(12(9)17)13(20)21/h4-5,18H,3H2,1-2H3,(H,20,21). The van der Waals surface area contributed by atoms with Crippen molar-refractivity contribution in [3.05, 3.63) is 38.5 Å². The molecule has 9 heteroatoms. The van der Waals surface area contributed by atoms with E-state index >= 15 is 0 Å². The Morgan fingerprint density at radius 1 is 1.26 bits per heavy atom. The highest BCUT2D eigenvalue weighted by Crippen LogP contribution is 2.37. The van der Waals surface area contributed by atoms with E-state index in [9.17, 15) is 14.4 Å². The first-order valence-electron chi connectivity index (χ1n) is 6.26. The van der Waals surface area contributed by atoms with Crippen LogP contribution >= 0.6 is 34.8 Å². The minimum atomic E-state index is -1.37. The summed E-state index contributed by atoms with van der Waals surface area (Å²) < 4.78 is 4.75. The average molecular weight is 381 g/mol. The topological polar surface area (TPSA) is 92.7 Å². The summed E-state index contributed by atoms with van der Waals surface area (Å²) >= 11 is 17.6. The molecule has 0 aliphatic carbocycles. The van der Waals surface area contributed by atoms with Gasteiger partial charge in [-0.2, -0.15) is 0 Å². The second-order valence-corrected chi connectivity index (χ2v) is 5.36. The normalized spacial score (nSPS) is 11.1. The van der Waals surface area contributed by atoms with Gasteiger partial charge in [0.2, 0.25) is 0 Å². The fraction of sp³-hybridized carbons (Fsp3) is 0.214. The van der Waals surface area contributed by atoms with E-state index in [1.54, 1.807) is 6.92 Å². The number of anilines is 1. The molecule has 1 aromatic rings. The molecule has 0 fully saturated rings. The van der Waals surface area contributed by atoms with Gasteiger partial charge in [-0.15, -0.1) is 0 Å². The van der Waals surface area contributed by atoms with Crippen molar-refractivity contribution >= 4 is 58.2 Å². The molecule has 0 aliphatic heterocycles. The quantitative estimate of drug-likeness (QED) is 0.256. The molecule has 2 N–H and O–H groups in total. The van der Waals surface area contributed by atoms with Gasteiger partial charge in [-0.1, -0.05) is 34.8 Å². The van der Waals surface area contributed by atoms with Gasteiger partial charge in [0.15, 0.2) is 5.78 Å². The number of ether oxygens (including phenoxy) is 1. The number of nitrogens with one attached hydrogen (secondary N) is 1. The Bertz CT molecular complexity index is 700. The SMILES string of the molecule is CCOC(=O)C(=CNc1cc(Cl)c(Cl)c(C(=O)O)c1Cl)C(C)=O. The van der Waals surface area contributed by atoms with E-state index in [0.29, 0.717) is 0 Å². The van der Waals surface area contributed by atoms with Gasteiger partial charge in [0.1, 0.15) is 11.1 Å². The van der Waals surface area contributed by atoms with Crippen molar-refractivity contribution in [3.8, 4) is 0 Å². The molecule has 0 bridgehead atoms. The van der Waals surface area contributed by atoms with Gasteiger partial charge in [-0.05, 0) is 19.9 Å². The molecule has 0 heterocycles. The third-order valence-corrected chi connectivity index (χ3v) is 3.80. The molecular weight excluding hydrogens is 369 g/mol. The van der Waals surface area contributed by atoms with E-state index in [4.69, 9.17) is 44.6 Å². The van der Waals surface area contributed by atoms with E-state index in [1.165, 1.54) is 13.0 Å². The zero-order valence-electron chi connectivity index (χ0n) is 12.1. The van der Waals surface area contributed by atoms with Crippen molar-refractivity contribution in [2.75, 3.05) is 11.9 Å². The smallest absolute Gasteiger partial charge is 0.343 e. The summed E-state index contributed by atoms with van der Waals surface area (Å²) in [6, 6.07) is 1.28. The maximum atomic E-state index is 11.7. The van der Waals surface area contributed by atoms with Crippen molar-refractivity contribution < 1.29 is 24.2 Å². The fourth-order valence-electron chi connectivity index (χ4n) is 1.56. The van der Waals surface area contributed by atoms with Crippen molar-refractivity contribution in [3.63, 3.8) is 0 Å². The summed E-state index contributed by atoms with van der Waals surface area (Å²) in [7, 11) is 0. The van der Waals surface area contributed by atoms with Gasteiger partial charge >= 0.3 is 11.9 Å². The maximum absolute atomic E-state index is 11.7. The summed E-state index contributed by atoms with van der Waals surface area (Å²) in [5.74, 6) is -2.72. The Labute approximate surface area is 147 Å². The van der Waals surface area contributed by atoms with Gasteiger partial charge in [0, 0.05) is 6.20 Å². The second kappa shape index (κ2) is 8.19. The molecule has 23 heavy (non-hydrogen) atoms. The number of hydrogen-bond donors (Lipinski definition) is 2. The van der Waals surface area contributed by atoms with Gasteiger partial charge < -0.3 is 15.2 Å². The highest BCUT2D eigenvalue weighted by Gasteiger charge is 2.21. The van der Waals surface area contributed by atoms with Crippen LogP contribution in [0.3, 0.4) is 0 Å². The number of halogens is 3. The van der Waals surface area contributed by atoms with Crippen molar-refractivity contribution in [1.82, 2.24) is 0 Å². The summed E-state index contributed by atoms with van der Waals surface area (Å²) in [4.78, 5) is 34.3. The first-order chi connectivity index (χ1) is 10.7. The van der Waals surface area contributed by atoms with Crippen molar-refractivity contribution in [1.29, 1.82) is 0 Å². The highest BCUT2D eigenvalue weighted by molar-refractivity contribution is 6.47. The van der Waals surface area contributed by atoms with Crippen LogP contribution in [0, 0.1) is 0 Å². The van der Waals surface area contributed by atoms with Crippen LogP contribution in [0.25, 0.3) is 0 Å². The van der Waals surface area contributed by atoms with Crippen LogP contribution in [0.15, 0.2) is 17.8 Å². The second-order valence-electron chi connectivity index (χ2n) is 4.19. The minimum Gasteiger partial charge on any atom is -0.478 e. The predicted octanol–water partition coefficient (Wildman–Crippen LogP) is 3.79. The summed E-state index contributed by atoms with van der Waals surface area (Å²) in [5, 5.41) is 11.2. The zero-order chi connectivity index (χ0) is 17.7. The molecular formula is C14H12Cl3NO5. The van der Waals surface area contributed by atoms with Gasteiger partial charge in [-0.25, -0.2) is 9.59 Å². The average Bonchev–Trinajstić information content (AvgIpc) is 2.44. The van der Waals surface area contributed by atoms with E-state index in [2.05, 4.69) is 5.32 Å².